The predicted molar refractivity (Wildman–Crippen MR) is 114 cm³/mol. The average Bonchev–Trinajstić information content (AvgIpc) is 3.05. The number of carbonyl (C=O) groups is 2. The molecule has 28 heavy (non-hydrogen) atoms. The molecule has 0 fully saturated rings. The zero-order chi connectivity index (χ0) is 19.7. The van der Waals surface area contributed by atoms with Gasteiger partial charge in [0, 0.05) is 23.1 Å². The molecule has 0 amide bonds. The van der Waals surface area contributed by atoms with Crippen LogP contribution in [0.4, 0.5) is 5.69 Å². The third-order valence-corrected chi connectivity index (χ3v) is 5.96. The fourth-order valence-corrected chi connectivity index (χ4v) is 4.41. The van der Waals surface area contributed by atoms with Gasteiger partial charge in [0.05, 0.1) is 10.7 Å². The highest BCUT2D eigenvalue weighted by Gasteiger charge is 2.32. The quantitative estimate of drug-likeness (QED) is 0.257. The van der Waals surface area contributed by atoms with Gasteiger partial charge in [0.25, 0.3) is 0 Å². The van der Waals surface area contributed by atoms with Crippen molar-refractivity contribution in [3.05, 3.63) is 106 Å². The predicted octanol–water partition coefficient (Wildman–Crippen LogP) is 5.51. The Balaban J connectivity index is 1.88. The molecule has 0 aromatic heterocycles. The molecule has 1 aliphatic rings. The van der Waals surface area contributed by atoms with E-state index in [-0.39, 0.29) is 17.1 Å². The number of aryl methyl sites for hydroxylation is 1. The summed E-state index contributed by atoms with van der Waals surface area (Å²) in [6.45, 7) is 2.03. The van der Waals surface area contributed by atoms with Crippen LogP contribution in [0.25, 0.3) is 0 Å². The van der Waals surface area contributed by atoms with Gasteiger partial charge in [0.15, 0.2) is 11.6 Å². The van der Waals surface area contributed by atoms with Gasteiger partial charge in [0.2, 0.25) is 0 Å². The van der Waals surface area contributed by atoms with Gasteiger partial charge in [-0.25, -0.2) is 0 Å². The molecule has 0 atom stereocenters. The van der Waals surface area contributed by atoms with Crippen LogP contribution >= 0.6 is 11.8 Å². The van der Waals surface area contributed by atoms with E-state index >= 15 is 0 Å². The zero-order valence-electron chi connectivity index (χ0n) is 15.7. The first-order valence-corrected chi connectivity index (χ1v) is 9.84. The monoisotopic (exact) mass is 385 g/mol. The van der Waals surface area contributed by atoms with Crippen molar-refractivity contribution in [3.63, 3.8) is 0 Å². The van der Waals surface area contributed by atoms with Crippen LogP contribution in [-0.4, -0.2) is 18.6 Å². The molecule has 4 heteroatoms. The minimum atomic E-state index is -0.256. The Bertz CT molecular complexity index is 1030. The summed E-state index contributed by atoms with van der Waals surface area (Å²) in [5.41, 5.74) is 3.38. The summed E-state index contributed by atoms with van der Waals surface area (Å²) in [6, 6.07) is 24.1. The topological polar surface area (TPSA) is 37.4 Å². The van der Waals surface area contributed by atoms with Crippen molar-refractivity contribution in [2.24, 2.45) is 0 Å². The first-order chi connectivity index (χ1) is 13.6. The van der Waals surface area contributed by atoms with Crippen LogP contribution in [0, 0.1) is 6.92 Å². The maximum Gasteiger partial charge on any atom is 0.199 e. The number of hydrogen-bond acceptors (Lipinski definition) is 4. The van der Waals surface area contributed by atoms with Crippen molar-refractivity contribution in [1.82, 2.24) is 0 Å². The molecule has 3 nitrogen and oxygen atoms in total. The molecule has 1 heterocycles. The summed E-state index contributed by atoms with van der Waals surface area (Å²) >= 11 is 1.47. The van der Waals surface area contributed by atoms with E-state index in [9.17, 15) is 9.59 Å². The van der Waals surface area contributed by atoms with Crippen molar-refractivity contribution >= 4 is 29.0 Å². The zero-order valence-corrected chi connectivity index (χ0v) is 16.5. The number of ketones is 2. The van der Waals surface area contributed by atoms with E-state index in [1.54, 1.807) is 24.3 Å². The number of fused-ring (bicyclic) bond motifs is 1. The molecule has 0 bridgehead atoms. The first-order valence-electron chi connectivity index (χ1n) is 9.02. The van der Waals surface area contributed by atoms with Crippen molar-refractivity contribution in [2.45, 2.75) is 11.8 Å². The summed E-state index contributed by atoms with van der Waals surface area (Å²) in [7, 11) is 1.91. The Hall–Kier alpha value is -3.11. The lowest BCUT2D eigenvalue weighted by molar-refractivity contribution is 0.0961. The maximum atomic E-state index is 13.4. The van der Waals surface area contributed by atoms with Crippen LogP contribution < -0.4 is 4.90 Å². The SMILES string of the molecule is Cc1ccc2c(c1)N(C)C(=C(C(=O)c1ccccc1)C(=O)c1ccccc1)S2. The molecule has 3 aromatic carbocycles. The molecule has 3 aromatic rings. The average molecular weight is 385 g/mol. The van der Waals surface area contributed by atoms with E-state index in [0.717, 1.165) is 16.1 Å². The van der Waals surface area contributed by atoms with Crippen LogP contribution in [0.2, 0.25) is 0 Å². The smallest absolute Gasteiger partial charge is 0.199 e. The minimum absolute atomic E-state index is 0.207. The second-order valence-electron chi connectivity index (χ2n) is 6.70. The Morgan fingerprint density at radius 1 is 0.786 bits per heavy atom. The van der Waals surface area contributed by atoms with Gasteiger partial charge in [-0.15, -0.1) is 0 Å². The second kappa shape index (κ2) is 7.49. The molecular weight excluding hydrogens is 366 g/mol. The van der Waals surface area contributed by atoms with E-state index in [2.05, 4.69) is 6.07 Å². The summed E-state index contributed by atoms with van der Waals surface area (Å²) in [6.07, 6.45) is 0. The highest BCUT2D eigenvalue weighted by atomic mass is 32.2. The molecule has 0 radical (unpaired) electrons. The summed E-state index contributed by atoms with van der Waals surface area (Å²) < 4.78 is 0. The molecule has 0 saturated heterocycles. The van der Waals surface area contributed by atoms with Gasteiger partial charge in [-0.1, -0.05) is 78.5 Å². The lowest BCUT2D eigenvalue weighted by Crippen LogP contribution is -2.21. The Morgan fingerprint density at radius 3 is 1.86 bits per heavy atom. The van der Waals surface area contributed by atoms with E-state index in [4.69, 9.17) is 0 Å². The first kappa shape index (κ1) is 18.3. The van der Waals surface area contributed by atoms with Crippen LogP contribution in [0.1, 0.15) is 26.3 Å². The number of benzene rings is 3. The molecule has 1 aliphatic heterocycles. The largest absolute Gasteiger partial charge is 0.337 e. The van der Waals surface area contributed by atoms with Crippen molar-refractivity contribution < 1.29 is 9.59 Å². The van der Waals surface area contributed by atoms with Gasteiger partial charge in [0.1, 0.15) is 5.57 Å². The number of Topliss-reactive ketones (excluding diaryl/α,β-unsaturated/α-hetero) is 2. The van der Waals surface area contributed by atoms with Gasteiger partial charge >= 0.3 is 0 Å². The Labute approximate surface area is 168 Å². The Morgan fingerprint density at radius 2 is 1.32 bits per heavy atom. The number of nitrogens with zero attached hydrogens (tertiary/aromatic N) is 1. The third-order valence-electron chi connectivity index (χ3n) is 4.73. The fraction of sp³-hybridized carbons (Fsp3) is 0.0833. The number of rotatable bonds is 4. The van der Waals surface area contributed by atoms with Gasteiger partial charge < -0.3 is 4.90 Å². The number of thioether (sulfide) groups is 1. The van der Waals surface area contributed by atoms with Gasteiger partial charge in [-0.2, -0.15) is 0 Å². The van der Waals surface area contributed by atoms with Crippen molar-refractivity contribution in [3.8, 4) is 0 Å². The maximum absolute atomic E-state index is 13.4. The number of allylic oxidation sites excluding steroid dienone is 1. The third kappa shape index (κ3) is 3.27. The number of hydrogen-bond donors (Lipinski definition) is 0. The lowest BCUT2D eigenvalue weighted by atomic mass is 9.96. The van der Waals surface area contributed by atoms with Gasteiger partial charge in [-0.05, 0) is 24.6 Å². The van der Waals surface area contributed by atoms with E-state index in [1.165, 1.54) is 11.8 Å². The number of carbonyl (C=O) groups excluding carboxylic acids is 2. The molecule has 0 N–H and O–H groups in total. The highest BCUT2D eigenvalue weighted by Crippen LogP contribution is 2.47. The normalized spacial score (nSPS) is 12.6. The molecule has 0 unspecified atom stereocenters. The van der Waals surface area contributed by atoms with Crippen LogP contribution in [-0.2, 0) is 0 Å². The van der Waals surface area contributed by atoms with Gasteiger partial charge in [-0.3, -0.25) is 9.59 Å². The van der Waals surface area contributed by atoms with E-state index < -0.39 is 0 Å². The summed E-state index contributed by atoms with van der Waals surface area (Å²) in [5, 5.41) is 0.670. The molecule has 0 spiro atoms. The van der Waals surface area contributed by atoms with Crippen LogP contribution in [0.3, 0.4) is 0 Å². The van der Waals surface area contributed by atoms with Crippen molar-refractivity contribution in [1.29, 1.82) is 0 Å². The van der Waals surface area contributed by atoms with Crippen LogP contribution in [0.5, 0.6) is 0 Å². The van der Waals surface area contributed by atoms with Crippen molar-refractivity contribution in [2.75, 3.05) is 11.9 Å². The molecule has 0 aliphatic carbocycles. The lowest BCUT2D eigenvalue weighted by Gasteiger charge is -2.18. The summed E-state index contributed by atoms with van der Waals surface area (Å²) in [5.74, 6) is -0.512. The fourth-order valence-electron chi connectivity index (χ4n) is 3.24. The minimum Gasteiger partial charge on any atom is -0.337 e. The summed E-state index contributed by atoms with van der Waals surface area (Å²) in [4.78, 5) is 29.8. The molecule has 0 saturated carbocycles. The van der Waals surface area contributed by atoms with Crippen LogP contribution in [0.15, 0.2) is 94.4 Å². The molecule has 138 valence electrons. The number of anilines is 1. The van der Waals surface area contributed by atoms with E-state index in [1.807, 2.05) is 67.4 Å². The Kier molecular flexibility index (Phi) is 4.88. The molecular formula is C24H19NO2S. The highest BCUT2D eigenvalue weighted by molar-refractivity contribution is 8.03. The van der Waals surface area contributed by atoms with E-state index in [0.29, 0.717) is 16.2 Å². The molecule has 4 rings (SSSR count). The second-order valence-corrected chi connectivity index (χ2v) is 7.73. The standard InChI is InChI=1S/C24H19NO2S/c1-16-13-14-20-19(15-16)25(2)24(28-20)21(22(26)17-9-5-3-6-10-17)23(27)18-11-7-4-8-12-18/h3-15H,1-2H3.